The summed E-state index contributed by atoms with van der Waals surface area (Å²) < 4.78 is 1.62. The molecule has 1 atom stereocenters. The molecule has 0 aromatic carbocycles. The number of hydrogen-bond donors (Lipinski definition) is 1. The van der Waals surface area contributed by atoms with Crippen LogP contribution in [-0.4, -0.2) is 76.3 Å². The molecule has 5 heterocycles. The first-order valence-corrected chi connectivity index (χ1v) is 11.8. The first-order chi connectivity index (χ1) is 16.2. The molecule has 0 saturated carbocycles. The minimum absolute atomic E-state index is 0.168. The van der Waals surface area contributed by atoms with Crippen molar-refractivity contribution in [2.45, 2.75) is 31.8 Å². The standard InChI is InChI=1S/C24H27ClN6O3/c1-14-5-4-8-30(14)23-19(25)9-17-21(32)18(24(33)34)13-31(22(17)27-23)15-6-7-20(26-10-15)29-11-16(12-29)28(2)3/h6-7,9-10,13-14,16H,4-5,8,11-12H2,1-3H3,(H,33,34). The van der Waals surface area contributed by atoms with Gasteiger partial charge in [-0.15, -0.1) is 0 Å². The second-order valence-electron chi connectivity index (χ2n) is 9.29. The Morgan fingerprint density at radius 1 is 1.26 bits per heavy atom. The van der Waals surface area contributed by atoms with E-state index in [9.17, 15) is 14.7 Å². The monoisotopic (exact) mass is 482 g/mol. The lowest BCUT2D eigenvalue weighted by atomic mass is 10.1. The third-order valence-corrected chi connectivity index (χ3v) is 7.17. The van der Waals surface area contributed by atoms with Crippen molar-refractivity contribution in [1.29, 1.82) is 0 Å². The van der Waals surface area contributed by atoms with Gasteiger partial charge >= 0.3 is 5.97 Å². The molecular formula is C24H27ClN6O3. The van der Waals surface area contributed by atoms with Crippen molar-refractivity contribution in [3.8, 4) is 5.69 Å². The molecule has 2 saturated heterocycles. The molecule has 2 fully saturated rings. The molecule has 0 spiro atoms. The van der Waals surface area contributed by atoms with Gasteiger partial charge in [0.25, 0.3) is 0 Å². The van der Waals surface area contributed by atoms with Crippen LogP contribution in [0.4, 0.5) is 11.6 Å². The lowest BCUT2D eigenvalue weighted by molar-refractivity contribution is 0.0695. The highest BCUT2D eigenvalue weighted by Crippen LogP contribution is 2.33. The summed E-state index contributed by atoms with van der Waals surface area (Å²) in [7, 11) is 4.13. The van der Waals surface area contributed by atoms with Crippen LogP contribution in [-0.2, 0) is 0 Å². The number of anilines is 2. The quantitative estimate of drug-likeness (QED) is 0.593. The van der Waals surface area contributed by atoms with E-state index in [1.807, 2.05) is 12.1 Å². The molecule has 9 nitrogen and oxygen atoms in total. The van der Waals surface area contributed by atoms with E-state index < -0.39 is 11.4 Å². The highest BCUT2D eigenvalue weighted by molar-refractivity contribution is 6.33. The van der Waals surface area contributed by atoms with Gasteiger partial charge in [-0.1, -0.05) is 11.6 Å². The molecule has 0 aliphatic carbocycles. The van der Waals surface area contributed by atoms with Gasteiger partial charge in [0.05, 0.1) is 22.3 Å². The van der Waals surface area contributed by atoms with E-state index in [0.29, 0.717) is 28.2 Å². The molecule has 1 N–H and O–H groups in total. The zero-order chi connectivity index (χ0) is 24.1. The minimum Gasteiger partial charge on any atom is -0.477 e. The Labute approximate surface area is 202 Å². The van der Waals surface area contributed by atoms with Crippen molar-refractivity contribution in [3.63, 3.8) is 0 Å². The topological polar surface area (TPSA) is 94.8 Å². The van der Waals surface area contributed by atoms with Crippen molar-refractivity contribution in [2.75, 3.05) is 43.5 Å². The van der Waals surface area contributed by atoms with Gasteiger partial charge < -0.3 is 19.8 Å². The third kappa shape index (κ3) is 3.78. The number of aromatic carboxylic acids is 1. The predicted octanol–water partition coefficient (Wildman–Crippen LogP) is 2.87. The summed E-state index contributed by atoms with van der Waals surface area (Å²) in [6, 6.07) is 6.10. The average Bonchev–Trinajstić information content (AvgIpc) is 3.18. The zero-order valence-electron chi connectivity index (χ0n) is 19.4. The normalized spacial score (nSPS) is 18.7. The predicted molar refractivity (Wildman–Crippen MR) is 133 cm³/mol. The smallest absolute Gasteiger partial charge is 0.341 e. The Hall–Kier alpha value is -3.17. The first kappa shape index (κ1) is 22.6. The number of carboxylic acids is 1. The molecule has 0 amide bonds. The van der Waals surface area contributed by atoms with E-state index in [1.54, 1.807) is 16.8 Å². The molecular weight excluding hydrogens is 456 g/mol. The van der Waals surface area contributed by atoms with Gasteiger partial charge in [-0.05, 0) is 52.1 Å². The number of nitrogens with zero attached hydrogens (tertiary/aromatic N) is 6. The zero-order valence-corrected chi connectivity index (χ0v) is 20.2. The summed E-state index contributed by atoms with van der Waals surface area (Å²) in [5.74, 6) is 0.164. The molecule has 10 heteroatoms. The molecule has 2 aliphatic rings. The van der Waals surface area contributed by atoms with Crippen LogP contribution in [0.1, 0.15) is 30.1 Å². The maximum Gasteiger partial charge on any atom is 0.341 e. The second-order valence-corrected chi connectivity index (χ2v) is 9.70. The van der Waals surface area contributed by atoms with E-state index in [2.05, 4.69) is 40.7 Å². The van der Waals surface area contributed by atoms with Crippen LogP contribution in [0.5, 0.6) is 0 Å². The SMILES string of the molecule is CC1CCCN1c1nc2c(cc1Cl)c(=O)c(C(=O)O)cn2-c1ccc(N2CC(N(C)C)C2)nc1. The number of pyridine rings is 3. The number of fused-ring (bicyclic) bond motifs is 1. The van der Waals surface area contributed by atoms with Crippen molar-refractivity contribution in [2.24, 2.45) is 0 Å². The van der Waals surface area contributed by atoms with Crippen LogP contribution in [0.15, 0.2) is 35.4 Å². The van der Waals surface area contributed by atoms with Crippen LogP contribution in [0.3, 0.4) is 0 Å². The van der Waals surface area contributed by atoms with Crippen LogP contribution < -0.4 is 15.2 Å². The summed E-state index contributed by atoms with van der Waals surface area (Å²) in [6.07, 6.45) is 5.09. The van der Waals surface area contributed by atoms with Crippen molar-refractivity contribution < 1.29 is 9.90 Å². The second kappa shape index (κ2) is 8.56. The molecule has 3 aromatic heterocycles. The highest BCUT2D eigenvalue weighted by atomic mass is 35.5. The Balaban J connectivity index is 1.61. The Bertz CT molecular complexity index is 1320. The van der Waals surface area contributed by atoms with E-state index in [1.165, 1.54) is 6.20 Å². The maximum absolute atomic E-state index is 12.9. The molecule has 178 valence electrons. The van der Waals surface area contributed by atoms with Crippen LogP contribution in [0.2, 0.25) is 5.02 Å². The van der Waals surface area contributed by atoms with Gasteiger partial charge in [-0.3, -0.25) is 9.36 Å². The number of rotatable bonds is 5. The molecule has 5 rings (SSSR count). The lowest BCUT2D eigenvalue weighted by Gasteiger charge is -2.43. The summed E-state index contributed by atoms with van der Waals surface area (Å²) >= 11 is 6.54. The molecule has 3 aromatic rings. The molecule has 0 bridgehead atoms. The lowest BCUT2D eigenvalue weighted by Crippen LogP contribution is -2.57. The Kier molecular flexibility index (Phi) is 5.69. The average molecular weight is 483 g/mol. The number of carbonyl (C=O) groups is 1. The van der Waals surface area contributed by atoms with Gasteiger partial charge in [0.1, 0.15) is 17.2 Å². The van der Waals surface area contributed by atoms with Crippen LogP contribution in [0, 0.1) is 0 Å². The number of halogens is 1. The first-order valence-electron chi connectivity index (χ1n) is 11.4. The fraction of sp³-hybridized carbons (Fsp3) is 0.417. The summed E-state index contributed by atoms with van der Waals surface area (Å²) in [4.78, 5) is 40.7. The van der Waals surface area contributed by atoms with Crippen LogP contribution >= 0.6 is 11.6 Å². The van der Waals surface area contributed by atoms with Crippen LogP contribution in [0.25, 0.3) is 16.7 Å². The number of hydrogen-bond acceptors (Lipinski definition) is 7. The van der Waals surface area contributed by atoms with Crippen molar-refractivity contribution in [1.82, 2.24) is 19.4 Å². The van der Waals surface area contributed by atoms with Crippen molar-refractivity contribution >= 4 is 40.2 Å². The number of aromatic nitrogens is 3. The highest BCUT2D eigenvalue weighted by Gasteiger charge is 2.29. The van der Waals surface area contributed by atoms with E-state index >= 15 is 0 Å². The largest absolute Gasteiger partial charge is 0.477 e. The molecule has 34 heavy (non-hydrogen) atoms. The summed E-state index contributed by atoms with van der Waals surface area (Å²) in [5.41, 5.74) is 0.0400. The third-order valence-electron chi connectivity index (χ3n) is 6.90. The molecule has 0 radical (unpaired) electrons. The van der Waals surface area contributed by atoms with E-state index in [-0.39, 0.29) is 17.0 Å². The van der Waals surface area contributed by atoms with Gasteiger partial charge in [-0.25, -0.2) is 14.8 Å². The summed E-state index contributed by atoms with van der Waals surface area (Å²) in [6.45, 7) is 4.76. The fourth-order valence-electron chi connectivity index (χ4n) is 4.69. The Morgan fingerprint density at radius 3 is 2.62 bits per heavy atom. The molecule has 1 unspecified atom stereocenters. The van der Waals surface area contributed by atoms with E-state index in [0.717, 1.165) is 38.3 Å². The summed E-state index contributed by atoms with van der Waals surface area (Å²) in [5, 5.41) is 10.2. The van der Waals surface area contributed by atoms with Crippen molar-refractivity contribution in [3.05, 3.63) is 51.4 Å². The fourth-order valence-corrected chi connectivity index (χ4v) is 4.95. The number of carboxylic acid groups (broad SMARTS) is 1. The Morgan fingerprint density at radius 2 is 2.03 bits per heavy atom. The number of likely N-dealkylation sites (N-methyl/N-ethyl adjacent to an activating group) is 1. The maximum atomic E-state index is 12.9. The van der Waals surface area contributed by atoms with Gasteiger partial charge in [0.2, 0.25) is 5.43 Å². The minimum atomic E-state index is -1.30. The van der Waals surface area contributed by atoms with E-state index in [4.69, 9.17) is 16.6 Å². The van der Waals surface area contributed by atoms with Gasteiger partial charge in [-0.2, -0.15) is 0 Å². The van der Waals surface area contributed by atoms with Gasteiger partial charge in [0.15, 0.2) is 5.65 Å². The van der Waals surface area contributed by atoms with Gasteiger partial charge in [0, 0.05) is 37.9 Å². The molecule has 2 aliphatic heterocycles.